The summed E-state index contributed by atoms with van der Waals surface area (Å²) in [5.41, 5.74) is 6.26. The van der Waals surface area contributed by atoms with Crippen LogP contribution >= 0.6 is 12.2 Å². The molecule has 0 fully saturated rings. The van der Waals surface area contributed by atoms with Crippen molar-refractivity contribution in [2.45, 2.75) is 19.9 Å². The number of thiocarbonyl (C=S) groups is 1. The second kappa shape index (κ2) is 6.17. The van der Waals surface area contributed by atoms with Crippen LogP contribution in [0.4, 0.5) is 0 Å². The van der Waals surface area contributed by atoms with Crippen molar-refractivity contribution < 1.29 is 4.79 Å². The molecule has 5 heteroatoms. The maximum Gasteiger partial charge on any atom is 0.221 e. The molecule has 1 aromatic heterocycles. The van der Waals surface area contributed by atoms with Crippen molar-refractivity contribution in [3.05, 3.63) is 30.1 Å². The molecule has 0 aliphatic carbocycles. The van der Waals surface area contributed by atoms with E-state index in [4.69, 9.17) is 18.0 Å². The minimum Gasteiger partial charge on any atom is -0.393 e. The van der Waals surface area contributed by atoms with Gasteiger partial charge in [0.2, 0.25) is 5.91 Å². The average molecular weight is 237 g/mol. The second-order valence-corrected chi connectivity index (χ2v) is 4.08. The van der Waals surface area contributed by atoms with Crippen LogP contribution in [0.15, 0.2) is 24.4 Å². The predicted octanol–water partition coefficient (Wildman–Crippen LogP) is 1.01. The van der Waals surface area contributed by atoms with Crippen LogP contribution in [0.5, 0.6) is 0 Å². The minimum absolute atomic E-state index is 0.0639. The van der Waals surface area contributed by atoms with Gasteiger partial charge in [-0.05, 0) is 12.1 Å². The Hall–Kier alpha value is -1.49. The van der Waals surface area contributed by atoms with E-state index < -0.39 is 0 Å². The zero-order valence-corrected chi connectivity index (χ0v) is 9.96. The molecule has 0 aliphatic heterocycles. The predicted molar refractivity (Wildman–Crippen MR) is 66.7 cm³/mol. The summed E-state index contributed by atoms with van der Waals surface area (Å²) >= 11 is 4.80. The molecule has 4 nitrogen and oxygen atoms in total. The van der Waals surface area contributed by atoms with Gasteiger partial charge in [0.05, 0.1) is 17.2 Å². The number of carbonyl (C=O) groups excluding carboxylic acids is 1. The Kier molecular flexibility index (Phi) is 4.85. The van der Waals surface area contributed by atoms with Crippen molar-refractivity contribution in [1.82, 2.24) is 10.3 Å². The van der Waals surface area contributed by atoms with Gasteiger partial charge in [0.25, 0.3) is 0 Å². The molecule has 86 valence electrons. The highest BCUT2D eigenvalue weighted by atomic mass is 32.1. The van der Waals surface area contributed by atoms with Gasteiger partial charge in [-0.15, -0.1) is 0 Å². The first-order chi connectivity index (χ1) is 7.59. The van der Waals surface area contributed by atoms with E-state index in [-0.39, 0.29) is 11.8 Å². The third-order valence-electron chi connectivity index (χ3n) is 2.17. The molecule has 1 atom stereocenters. The molecule has 16 heavy (non-hydrogen) atoms. The van der Waals surface area contributed by atoms with Crippen molar-refractivity contribution in [1.29, 1.82) is 0 Å². The van der Waals surface area contributed by atoms with Gasteiger partial charge in [-0.2, -0.15) is 0 Å². The SMILES string of the molecule is CC(CC(=O)NCc1ccccn1)C(N)=S. The van der Waals surface area contributed by atoms with Crippen molar-refractivity contribution in [3.63, 3.8) is 0 Å². The molecule has 0 saturated heterocycles. The Morgan fingerprint density at radius 3 is 2.94 bits per heavy atom. The number of nitrogens with one attached hydrogen (secondary N) is 1. The fourth-order valence-corrected chi connectivity index (χ4v) is 1.23. The van der Waals surface area contributed by atoms with E-state index in [1.165, 1.54) is 0 Å². The number of amides is 1. The summed E-state index contributed by atoms with van der Waals surface area (Å²) in [5.74, 6) is -0.135. The lowest BCUT2D eigenvalue weighted by Gasteiger charge is -2.09. The third kappa shape index (κ3) is 4.35. The molecule has 1 unspecified atom stereocenters. The van der Waals surface area contributed by atoms with Crippen molar-refractivity contribution >= 4 is 23.1 Å². The number of rotatable bonds is 5. The van der Waals surface area contributed by atoms with E-state index in [0.29, 0.717) is 18.0 Å². The summed E-state index contributed by atoms with van der Waals surface area (Å²) in [6.45, 7) is 2.27. The molecule has 1 rings (SSSR count). The van der Waals surface area contributed by atoms with Crippen LogP contribution in [0.1, 0.15) is 19.0 Å². The van der Waals surface area contributed by atoms with E-state index in [1.54, 1.807) is 6.20 Å². The Bertz CT molecular complexity index is 367. The first-order valence-electron chi connectivity index (χ1n) is 5.05. The molecule has 0 aliphatic rings. The number of nitrogens with zero attached hydrogens (tertiary/aromatic N) is 1. The fraction of sp³-hybridized carbons (Fsp3) is 0.364. The maximum atomic E-state index is 11.5. The van der Waals surface area contributed by atoms with Crippen LogP contribution in [-0.4, -0.2) is 15.9 Å². The summed E-state index contributed by atoms with van der Waals surface area (Å²) in [5, 5.41) is 2.77. The van der Waals surface area contributed by atoms with Crippen molar-refractivity contribution in [2.75, 3.05) is 0 Å². The number of hydrogen-bond donors (Lipinski definition) is 2. The van der Waals surface area contributed by atoms with Crippen LogP contribution < -0.4 is 11.1 Å². The van der Waals surface area contributed by atoms with Gasteiger partial charge in [-0.1, -0.05) is 25.2 Å². The highest BCUT2D eigenvalue weighted by Gasteiger charge is 2.10. The monoisotopic (exact) mass is 237 g/mol. The Labute approximate surface area is 100 Å². The van der Waals surface area contributed by atoms with Gasteiger partial charge in [-0.3, -0.25) is 9.78 Å². The van der Waals surface area contributed by atoms with Crippen LogP contribution in [0.3, 0.4) is 0 Å². The Balaban J connectivity index is 2.33. The number of aromatic nitrogens is 1. The smallest absolute Gasteiger partial charge is 0.221 e. The molecule has 0 aromatic carbocycles. The highest BCUT2D eigenvalue weighted by molar-refractivity contribution is 7.80. The van der Waals surface area contributed by atoms with E-state index >= 15 is 0 Å². The standard InChI is InChI=1S/C11H15N3OS/c1-8(11(12)16)6-10(15)14-7-9-4-2-3-5-13-9/h2-5,8H,6-7H2,1H3,(H2,12,16)(H,14,15). The van der Waals surface area contributed by atoms with Crippen molar-refractivity contribution in [2.24, 2.45) is 11.7 Å². The van der Waals surface area contributed by atoms with Crippen molar-refractivity contribution in [3.8, 4) is 0 Å². The topological polar surface area (TPSA) is 68.0 Å². The lowest BCUT2D eigenvalue weighted by molar-refractivity contribution is -0.121. The Morgan fingerprint density at radius 1 is 1.62 bits per heavy atom. The molecule has 1 amide bonds. The second-order valence-electron chi connectivity index (χ2n) is 3.61. The summed E-state index contributed by atoms with van der Waals surface area (Å²) in [4.78, 5) is 15.9. The lowest BCUT2D eigenvalue weighted by atomic mass is 10.1. The molecule has 1 aromatic rings. The van der Waals surface area contributed by atoms with Crippen LogP contribution in [0.25, 0.3) is 0 Å². The summed E-state index contributed by atoms with van der Waals surface area (Å²) < 4.78 is 0. The van der Waals surface area contributed by atoms with E-state index in [0.717, 1.165) is 5.69 Å². The van der Waals surface area contributed by atoms with Gasteiger partial charge >= 0.3 is 0 Å². The van der Waals surface area contributed by atoms with Gasteiger partial charge in [-0.25, -0.2) is 0 Å². The third-order valence-corrected chi connectivity index (χ3v) is 2.57. The normalized spacial score (nSPS) is 11.8. The molecule has 1 heterocycles. The summed E-state index contributed by atoms with van der Waals surface area (Å²) in [6.07, 6.45) is 2.02. The average Bonchev–Trinajstić information content (AvgIpc) is 2.27. The van der Waals surface area contributed by atoms with E-state index in [9.17, 15) is 4.79 Å². The van der Waals surface area contributed by atoms with Gasteiger partial charge in [0, 0.05) is 18.5 Å². The molecule has 0 bridgehead atoms. The fourth-order valence-electron chi connectivity index (χ4n) is 1.14. The zero-order chi connectivity index (χ0) is 12.0. The zero-order valence-electron chi connectivity index (χ0n) is 9.14. The minimum atomic E-state index is -0.0706. The molecular formula is C11H15N3OS. The quantitative estimate of drug-likeness (QED) is 0.750. The first-order valence-corrected chi connectivity index (χ1v) is 5.46. The maximum absolute atomic E-state index is 11.5. The number of pyridine rings is 1. The molecule has 0 saturated carbocycles. The number of hydrogen-bond acceptors (Lipinski definition) is 3. The number of carbonyl (C=O) groups is 1. The molecule has 0 spiro atoms. The number of nitrogens with two attached hydrogens (primary N) is 1. The van der Waals surface area contributed by atoms with Gasteiger partial charge in [0.15, 0.2) is 0 Å². The van der Waals surface area contributed by atoms with E-state index in [1.807, 2.05) is 25.1 Å². The van der Waals surface area contributed by atoms with Crippen LogP contribution in [0, 0.1) is 5.92 Å². The van der Waals surface area contributed by atoms with Gasteiger partial charge in [0.1, 0.15) is 0 Å². The Morgan fingerprint density at radius 2 is 2.38 bits per heavy atom. The molecule has 0 radical (unpaired) electrons. The van der Waals surface area contributed by atoms with Crippen LogP contribution in [-0.2, 0) is 11.3 Å². The largest absolute Gasteiger partial charge is 0.393 e. The van der Waals surface area contributed by atoms with Gasteiger partial charge < -0.3 is 11.1 Å². The summed E-state index contributed by atoms with van der Waals surface area (Å²) in [7, 11) is 0. The van der Waals surface area contributed by atoms with E-state index in [2.05, 4.69) is 10.3 Å². The van der Waals surface area contributed by atoms with Crippen LogP contribution in [0.2, 0.25) is 0 Å². The first kappa shape index (κ1) is 12.6. The molecule has 3 N–H and O–H groups in total. The highest BCUT2D eigenvalue weighted by Crippen LogP contribution is 2.02. The molecular weight excluding hydrogens is 222 g/mol. The summed E-state index contributed by atoms with van der Waals surface area (Å²) in [6, 6.07) is 5.57. The lowest BCUT2D eigenvalue weighted by Crippen LogP contribution is -2.29.